The molecule has 1 aromatic heterocycles. The van der Waals surface area contributed by atoms with Gasteiger partial charge in [0.05, 0.1) is 17.6 Å². The fourth-order valence-corrected chi connectivity index (χ4v) is 2.41. The molecular weight excluding hydrogens is 240 g/mol. The molecule has 19 heavy (non-hydrogen) atoms. The van der Waals surface area contributed by atoms with Crippen molar-refractivity contribution in [1.82, 2.24) is 10.3 Å². The number of nitrogens with zero attached hydrogens (tertiary/aromatic N) is 2. The third kappa shape index (κ3) is 3.44. The molecule has 0 saturated carbocycles. The van der Waals surface area contributed by atoms with E-state index >= 15 is 0 Å². The maximum atomic E-state index is 11.0. The summed E-state index contributed by atoms with van der Waals surface area (Å²) in [6, 6.07) is 4.32. The monoisotopic (exact) mass is 262 g/mol. The lowest BCUT2D eigenvalue weighted by Crippen LogP contribution is -2.35. The Kier molecular flexibility index (Phi) is 4.37. The molecule has 1 saturated heterocycles. The van der Waals surface area contributed by atoms with Crippen LogP contribution in [-0.2, 0) is 4.79 Å². The summed E-state index contributed by atoms with van der Waals surface area (Å²) in [4.78, 5) is 17.7. The standard InChI is InChI=1S/C14H22N4O/c1-3-13(15)14-5-4-12(8-16-14)18-7-6-11(9-18)17-10(2)19/h4-5,8,11,13H,3,6-7,9,15H2,1-2H3,(H,17,19)/t11?,13-/m1/s1. The molecule has 1 aliphatic heterocycles. The molecular formula is C14H22N4O. The van der Waals surface area contributed by atoms with Gasteiger partial charge in [0.2, 0.25) is 5.91 Å². The highest BCUT2D eigenvalue weighted by Crippen LogP contribution is 2.21. The summed E-state index contributed by atoms with van der Waals surface area (Å²) >= 11 is 0. The Labute approximate surface area is 114 Å². The average Bonchev–Trinajstić information content (AvgIpc) is 2.85. The fourth-order valence-electron chi connectivity index (χ4n) is 2.41. The molecule has 0 aliphatic carbocycles. The van der Waals surface area contributed by atoms with Gasteiger partial charge in [-0.05, 0) is 25.0 Å². The van der Waals surface area contributed by atoms with Crippen LogP contribution in [0.15, 0.2) is 18.3 Å². The van der Waals surface area contributed by atoms with Gasteiger partial charge < -0.3 is 16.0 Å². The lowest BCUT2D eigenvalue weighted by molar-refractivity contribution is -0.119. The Bertz CT molecular complexity index is 432. The van der Waals surface area contributed by atoms with Crippen LogP contribution in [0.25, 0.3) is 0 Å². The van der Waals surface area contributed by atoms with Gasteiger partial charge in [-0.15, -0.1) is 0 Å². The van der Waals surface area contributed by atoms with Crippen molar-refractivity contribution in [2.45, 2.75) is 38.8 Å². The third-order valence-electron chi connectivity index (χ3n) is 3.55. The summed E-state index contributed by atoms with van der Waals surface area (Å²) in [6.07, 6.45) is 3.75. The number of hydrogen-bond donors (Lipinski definition) is 2. The summed E-state index contributed by atoms with van der Waals surface area (Å²) in [7, 11) is 0. The van der Waals surface area contributed by atoms with E-state index in [0.29, 0.717) is 0 Å². The quantitative estimate of drug-likeness (QED) is 0.855. The molecule has 3 N–H and O–H groups in total. The number of aromatic nitrogens is 1. The molecule has 5 heteroatoms. The number of anilines is 1. The van der Waals surface area contributed by atoms with E-state index in [1.165, 1.54) is 0 Å². The molecule has 0 aromatic carbocycles. The smallest absolute Gasteiger partial charge is 0.217 e. The number of amides is 1. The number of nitrogens with one attached hydrogen (secondary N) is 1. The van der Waals surface area contributed by atoms with Crippen molar-refractivity contribution >= 4 is 11.6 Å². The molecule has 1 aromatic rings. The van der Waals surface area contributed by atoms with Crippen molar-refractivity contribution in [2.75, 3.05) is 18.0 Å². The van der Waals surface area contributed by atoms with Crippen molar-refractivity contribution in [3.63, 3.8) is 0 Å². The van der Waals surface area contributed by atoms with Gasteiger partial charge in [-0.1, -0.05) is 6.92 Å². The molecule has 2 rings (SSSR count). The molecule has 1 unspecified atom stereocenters. The minimum absolute atomic E-state index is 0.0137. The van der Waals surface area contributed by atoms with Crippen LogP contribution in [0, 0.1) is 0 Å². The highest BCUT2D eigenvalue weighted by atomic mass is 16.1. The predicted octanol–water partition coefficient (Wildman–Crippen LogP) is 1.21. The molecule has 1 aliphatic rings. The average molecular weight is 262 g/mol. The second-order valence-corrected chi connectivity index (χ2v) is 5.09. The van der Waals surface area contributed by atoms with Crippen LogP contribution in [0.5, 0.6) is 0 Å². The number of carbonyl (C=O) groups is 1. The van der Waals surface area contributed by atoms with Crippen molar-refractivity contribution in [1.29, 1.82) is 0 Å². The van der Waals surface area contributed by atoms with Crippen molar-refractivity contribution < 1.29 is 4.79 Å². The van der Waals surface area contributed by atoms with Gasteiger partial charge in [0.25, 0.3) is 0 Å². The molecule has 5 nitrogen and oxygen atoms in total. The van der Waals surface area contributed by atoms with Crippen LogP contribution >= 0.6 is 0 Å². The normalized spacial score (nSPS) is 20.4. The first-order valence-electron chi connectivity index (χ1n) is 6.83. The Morgan fingerprint density at radius 3 is 3.00 bits per heavy atom. The van der Waals surface area contributed by atoms with Crippen LogP contribution in [0.2, 0.25) is 0 Å². The number of rotatable bonds is 4. The van der Waals surface area contributed by atoms with Crippen LogP contribution in [0.4, 0.5) is 5.69 Å². The number of nitrogens with two attached hydrogens (primary N) is 1. The zero-order chi connectivity index (χ0) is 13.8. The number of hydrogen-bond acceptors (Lipinski definition) is 4. The maximum Gasteiger partial charge on any atom is 0.217 e. The van der Waals surface area contributed by atoms with Crippen LogP contribution < -0.4 is 16.0 Å². The highest BCUT2D eigenvalue weighted by Gasteiger charge is 2.23. The molecule has 2 atom stereocenters. The maximum absolute atomic E-state index is 11.0. The van der Waals surface area contributed by atoms with Crippen molar-refractivity contribution in [2.24, 2.45) is 5.73 Å². The van der Waals surface area contributed by atoms with Gasteiger partial charge in [0.15, 0.2) is 0 Å². The zero-order valence-electron chi connectivity index (χ0n) is 11.6. The van der Waals surface area contributed by atoms with E-state index in [0.717, 1.165) is 37.3 Å². The van der Waals surface area contributed by atoms with Crippen LogP contribution in [0.3, 0.4) is 0 Å². The highest BCUT2D eigenvalue weighted by molar-refractivity contribution is 5.73. The molecule has 0 radical (unpaired) electrons. The minimum atomic E-state index is 0.0137. The number of carbonyl (C=O) groups excluding carboxylic acids is 1. The van der Waals surface area contributed by atoms with Crippen LogP contribution in [-0.4, -0.2) is 30.0 Å². The molecule has 1 fully saturated rings. The lowest BCUT2D eigenvalue weighted by Gasteiger charge is -2.19. The van der Waals surface area contributed by atoms with Gasteiger partial charge >= 0.3 is 0 Å². The van der Waals surface area contributed by atoms with Crippen molar-refractivity contribution in [3.8, 4) is 0 Å². The van der Waals surface area contributed by atoms with E-state index in [9.17, 15) is 4.79 Å². The summed E-state index contributed by atoms with van der Waals surface area (Å²) in [5, 5.41) is 2.96. The summed E-state index contributed by atoms with van der Waals surface area (Å²) in [5.74, 6) is 0.0363. The first-order chi connectivity index (χ1) is 9.10. The van der Waals surface area contributed by atoms with Crippen LogP contribution in [0.1, 0.15) is 38.4 Å². The first kappa shape index (κ1) is 13.8. The van der Waals surface area contributed by atoms with Gasteiger partial charge in [0.1, 0.15) is 0 Å². The summed E-state index contributed by atoms with van der Waals surface area (Å²) < 4.78 is 0. The third-order valence-corrected chi connectivity index (χ3v) is 3.55. The van der Waals surface area contributed by atoms with E-state index < -0.39 is 0 Å². The second-order valence-electron chi connectivity index (χ2n) is 5.09. The Hall–Kier alpha value is -1.62. The summed E-state index contributed by atoms with van der Waals surface area (Å²) in [5.41, 5.74) is 7.98. The van der Waals surface area contributed by atoms with Gasteiger partial charge in [0, 0.05) is 32.1 Å². The van der Waals surface area contributed by atoms with E-state index in [1.54, 1.807) is 6.92 Å². The Balaban J connectivity index is 1.98. The SMILES string of the molecule is CC[C@@H](N)c1ccc(N2CCC(NC(C)=O)C2)cn1. The molecule has 0 spiro atoms. The molecule has 1 amide bonds. The lowest BCUT2D eigenvalue weighted by atomic mass is 10.1. The van der Waals surface area contributed by atoms with Gasteiger partial charge in [-0.3, -0.25) is 9.78 Å². The Morgan fingerprint density at radius 1 is 1.63 bits per heavy atom. The van der Waals surface area contributed by atoms with E-state index in [2.05, 4.69) is 28.2 Å². The largest absolute Gasteiger partial charge is 0.368 e. The Morgan fingerprint density at radius 2 is 2.42 bits per heavy atom. The number of pyridine rings is 1. The predicted molar refractivity (Wildman–Crippen MR) is 75.9 cm³/mol. The molecule has 0 bridgehead atoms. The van der Waals surface area contributed by atoms with Crippen molar-refractivity contribution in [3.05, 3.63) is 24.0 Å². The molecule has 2 heterocycles. The zero-order valence-corrected chi connectivity index (χ0v) is 11.6. The van der Waals surface area contributed by atoms with E-state index in [4.69, 9.17) is 5.73 Å². The summed E-state index contributed by atoms with van der Waals surface area (Å²) in [6.45, 7) is 5.41. The second kappa shape index (κ2) is 6.02. The van der Waals surface area contributed by atoms with E-state index in [-0.39, 0.29) is 18.0 Å². The fraction of sp³-hybridized carbons (Fsp3) is 0.571. The first-order valence-corrected chi connectivity index (χ1v) is 6.83. The molecule has 104 valence electrons. The van der Waals surface area contributed by atoms with E-state index in [1.807, 2.05) is 12.3 Å². The van der Waals surface area contributed by atoms with Gasteiger partial charge in [-0.2, -0.15) is 0 Å². The minimum Gasteiger partial charge on any atom is -0.368 e. The topological polar surface area (TPSA) is 71.2 Å². The van der Waals surface area contributed by atoms with Gasteiger partial charge in [-0.25, -0.2) is 0 Å².